The summed E-state index contributed by atoms with van der Waals surface area (Å²) in [5.41, 5.74) is 4.77. The highest BCUT2D eigenvalue weighted by molar-refractivity contribution is 6.04. The van der Waals surface area contributed by atoms with Gasteiger partial charge in [0.2, 0.25) is 5.91 Å². The average molecular weight is 418 g/mol. The van der Waals surface area contributed by atoms with Crippen LogP contribution in [-0.4, -0.2) is 38.7 Å². The number of carbonyl (C=O) groups excluding carboxylic acids is 3. The standard InChI is InChI=1S/C22H22N6O3/c1-28-13-17(15-7-9-23-10-8-15)20(27-28)16-4-2-3-14(11-16)12-24-19(29)6-5-18-21(30)26-22(31)25-18/h2-4,7-11,13,18H,5-6,12H2,1H3,(H,24,29)(H2,25,26,30,31)/t18-/m1/s1. The summed E-state index contributed by atoms with van der Waals surface area (Å²) in [4.78, 5) is 38.9. The number of carbonyl (C=O) groups is 3. The van der Waals surface area contributed by atoms with Crippen LogP contribution in [0.25, 0.3) is 22.4 Å². The molecule has 9 nitrogen and oxygen atoms in total. The van der Waals surface area contributed by atoms with Gasteiger partial charge in [0, 0.05) is 49.7 Å². The molecule has 1 aliphatic rings. The second-order valence-corrected chi connectivity index (χ2v) is 7.33. The second kappa shape index (κ2) is 8.78. The van der Waals surface area contributed by atoms with Crippen LogP contribution in [0.2, 0.25) is 0 Å². The summed E-state index contributed by atoms with van der Waals surface area (Å²) in [6.07, 6.45) is 5.87. The van der Waals surface area contributed by atoms with E-state index in [1.807, 2.05) is 49.6 Å². The zero-order valence-electron chi connectivity index (χ0n) is 17.0. The highest BCUT2D eigenvalue weighted by Crippen LogP contribution is 2.30. The van der Waals surface area contributed by atoms with Gasteiger partial charge in [0.1, 0.15) is 11.7 Å². The number of hydrogen-bond donors (Lipinski definition) is 3. The van der Waals surface area contributed by atoms with Crippen molar-refractivity contribution in [3.8, 4) is 22.4 Å². The molecular formula is C22H22N6O3. The third kappa shape index (κ3) is 4.77. The van der Waals surface area contributed by atoms with Crippen molar-refractivity contribution in [1.29, 1.82) is 0 Å². The normalized spacial score (nSPS) is 15.5. The average Bonchev–Trinajstić information content (AvgIpc) is 3.32. The van der Waals surface area contributed by atoms with E-state index >= 15 is 0 Å². The van der Waals surface area contributed by atoms with E-state index in [0.717, 1.165) is 27.9 Å². The number of aryl methyl sites for hydroxylation is 1. The summed E-state index contributed by atoms with van der Waals surface area (Å²) in [5.74, 6) is -0.583. The second-order valence-electron chi connectivity index (χ2n) is 7.33. The summed E-state index contributed by atoms with van der Waals surface area (Å²) < 4.78 is 1.78. The number of aromatic nitrogens is 3. The number of urea groups is 1. The van der Waals surface area contributed by atoms with Gasteiger partial charge in [-0.1, -0.05) is 18.2 Å². The molecule has 4 amide bonds. The van der Waals surface area contributed by atoms with Gasteiger partial charge in [-0.3, -0.25) is 24.6 Å². The number of imide groups is 1. The SMILES string of the molecule is Cn1cc(-c2ccncc2)c(-c2cccc(CNC(=O)CC[C@H]3NC(=O)NC3=O)c2)n1. The van der Waals surface area contributed by atoms with Crippen molar-refractivity contribution < 1.29 is 14.4 Å². The van der Waals surface area contributed by atoms with Crippen molar-refractivity contribution in [2.45, 2.75) is 25.4 Å². The van der Waals surface area contributed by atoms with Crippen LogP contribution in [0.3, 0.4) is 0 Å². The fraction of sp³-hybridized carbons (Fsp3) is 0.227. The minimum Gasteiger partial charge on any atom is -0.352 e. The molecule has 9 heteroatoms. The Balaban J connectivity index is 1.41. The van der Waals surface area contributed by atoms with Crippen LogP contribution < -0.4 is 16.0 Å². The minimum absolute atomic E-state index is 0.143. The van der Waals surface area contributed by atoms with E-state index in [4.69, 9.17) is 0 Å². The third-order valence-corrected chi connectivity index (χ3v) is 5.03. The Morgan fingerprint density at radius 2 is 1.97 bits per heavy atom. The van der Waals surface area contributed by atoms with Crippen molar-refractivity contribution in [3.63, 3.8) is 0 Å². The maximum Gasteiger partial charge on any atom is 0.322 e. The molecule has 1 fully saturated rings. The Bertz CT molecular complexity index is 1130. The predicted molar refractivity (Wildman–Crippen MR) is 113 cm³/mol. The van der Waals surface area contributed by atoms with Gasteiger partial charge in [0.05, 0.1) is 0 Å². The van der Waals surface area contributed by atoms with Gasteiger partial charge in [-0.05, 0) is 35.7 Å². The molecule has 0 saturated carbocycles. The molecule has 0 aliphatic carbocycles. The monoisotopic (exact) mass is 418 g/mol. The fourth-order valence-corrected chi connectivity index (χ4v) is 3.50. The van der Waals surface area contributed by atoms with Crippen LogP contribution in [-0.2, 0) is 23.2 Å². The molecule has 0 bridgehead atoms. The van der Waals surface area contributed by atoms with Gasteiger partial charge in [0.25, 0.3) is 5.91 Å². The lowest BCUT2D eigenvalue weighted by Crippen LogP contribution is -2.31. The highest BCUT2D eigenvalue weighted by atomic mass is 16.2. The fourth-order valence-electron chi connectivity index (χ4n) is 3.50. The molecule has 158 valence electrons. The number of rotatable bonds is 7. The molecular weight excluding hydrogens is 396 g/mol. The van der Waals surface area contributed by atoms with Crippen molar-refractivity contribution in [3.05, 3.63) is 60.6 Å². The molecule has 1 aromatic carbocycles. The molecule has 2 aromatic heterocycles. The quantitative estimate of drug-likeness (QED) is 0.505. The van der Waals surface area contributed by atoms with E-state index in [0.29, 0.717) is 6.54 Å². The Kier molecular flexibility index (Phi) is 5.74. The van der Waals surface area contributed by atoms with E-state index in [-0.39, 0.29) is 18.7 Å². The molecule has 3 aromatic rings. The lowest BCUT2D eigenvalue weighted by atomic mass is 10.0. The zero-order valence-corrected chi connectivity index (χ0v) is 17.0. The number of benzene rings is 1. The van der Waals surface area contributed by atoms with Gasteiger partial charge in [-0.15, -0.1) is 0 Å². The smallest absolute Gasteiger partial charge is 0.322 e. The van der Waals surface area contributed by atoms with Gasteiger partial charge >= 0.3 is 6.03 Å². The maximum atomic E-state index is 12.2. The van der Waals surface area contributed by atoms with E-state index in [1.165, 1.54) is 0 Å². The van der Waals surface area contributed by atoms with Gasteiger partial charge in [-0.25, -0.2) is 4.79 Å². The van der Waals surface area contributed by atoms with E-state index in [2.05, 4.69) is 26.0 Å². The molecule has 1 saturated heterocycles. The topological polar surface area (TPSA) is 118 Å². The largest absolute Gasteiger partial charge is 0.352 e. The van der Waals surface area contributed by atoms with Crippen LogP contribution in [0.5, 0.6) is 0 Å². The van der Waals surface area contributed by atoms with Crippen molar-refractivity contribution in [1.82, 2.24) is 30.7 Å². The molecule has 4 rings (SSSR count). The molecule has 1 aliphatic heterocycles. The number of nitrogens with one attached hydrogen (secondary N) is 3. The number of nitrogens with zero attached hydrogens (tertiary/aromatic N) is 3. The van der Waals surface area contributed by atoms with Crippen LogP contribution in [0, 0.1) is 0 Å². The Labute approximate surface area is 178 Å². The number of pyridine rings is 1. The van der Waals surface area contributed by atoms with Crippen molar-refractivity contribution in [2.24, 2.45) is 7.05 Å². The first-order valence-electron chi connectivity index (χ1n) is 9.91. The third-order valence-electron chi connectivity index (χ3n) is 5.03. The number of hydrogen-bond acceptors (Lipinski definition) is 5. The van der Waals surface area contributed by atoms with E-state index < -0.39 is 18.0 Å². The summed E-state index contributed by atoms with van der Waals surface area (Å²) in [7, 11) is 1.88. The van der Waals surface area contributed by atoms with Crippen LogP contribution in [0.1, 0.15) is 18.4 Å². The summed E-state index contributed by atoms with van der Waals surface area (Å²) in [6.45, 7) is 0.354. The summed E-state index contributed by atoms with van der Waals surface area (Å²) >= 11 is 0. The Morgan fingerprint density at radius 1 is 1.16 bits per heavy atom. The highest BCUT2D eigenvalue weighted by Gasteiger charge is 2.29. The first kappa shape index (κ1) is 20.3. The predicted octanol–water partition coefficient (Wildman–Crippen LogP) is 1.75. The number of amides is 4. The van der Waals surface area contributed by atoms with E-state index in [9.17, 15) is 14.4 Å². The summed E-state index contributed by atoms with van der Waals surface area (Å²) in [5, 5.41) is 12.1. The Hall–Kier alpha value is -4.01. The van der Waals surface area contributed by atoms with Crippen molar-refractivity contribution in [2.75, 3.05) is 0 Å². The van der Waals surface area contributed by atoms with Gasteiger partial charge < -0.3 is 10.6 Å². The molecule has 31 heavy (non-hydrogen) atoms. The molecule has 3 heterocycles. The van der Waals surface area contributed by atoms with E-state index in [1.54, 1.807) is 17.1 Å². The van der Waals surface area contributed by atoms with Crippen LogP contribution in [0.4, 0.5) is 4.79 Å². The molecule has 1 atom stereocenters. The maximum absolute atomic E-state index is 12.2. The summed E-state index contributed by atoms with van der Waals surface area (Å²) in [6, 6.07) is 10.6. The lowest BCUT2D eigenvalue weighted by Gasteiger charge is -2.09. The van der Waals surface area contributed by atoms with Crippen molar-refractivity contribution >= 4 is 17.8 Å². The molecule has 0 spiro atoms. The minimum atomic E-state index is -0.655. The Morgan fingerprint density at radius 3 is 2.71 bits per heavy atom. The van der Waals surface area contributed by atoms with Gasteiger partial charge in [0.15, 0.2) is 0 Å². The molecule has 0 radical (unpaired) electrons. The first-order chi connectivity index (χ1) is 15.0. The zero-order chi connectivity index (χ0) is 21.8. The molecule has 0 unspecified atom stereocenters. The molecule has 3 N–H and O–H groups in total. The van der Waals surface area contributed by atoms with Crippen LogP contribution >= 0.6 is 0 Å². The lowest BCUT2D eigenvalue weighted by molar-refractivity contribution is -0.122. The first-order valence-corrected chi connectivity index (χ1v) is 9.91. The van der Waals surface area contributed by atoms with Gasteiger partial charge in [-0.2, -0.15) is 5.10 Å². The van der Waals surface area contributed by atoms with Crippen LogP contribution in [0.15, 0.2) is 55.0 Å².